The first-order chi connectivity index (χ1) is 15.5. The second kappa shape index (κ2) is 12.1. The molecular formula is C26H33N3O3. The van der Waals surface area contributed by atoms with E-state index in [-0.39, 0.29) is 0 Å². The minimum Gasteiger partial charge on any atom is -0.494 e. The quantitative estimate of drug-likeness (QED) is 0.294. The van der Waals surface area contributed by atoms with E-state index in [0.29, 0.717) is 11.8 Å². The van der Waals surface area contributed by atoms with Crippen LogP contribution in [-0.4, -0.2) is 42.3 Å². The molecule has 0 bridgehead atoms. The first kappa shape index (κ1) is 23.5. The zero-order chi connectivity index (χ0) is 22.8. The highest BCUT2D eigenvalue weighted by molar-refractivity contribution is 5.77. The van der Waals surface area contributed by atoms with Gasteiger partial charge in [0, 0.05) is 30.8 Å². The van der Waals surface area contributed by atoms with Crippen LogP contribution in [0.5, 0.6) is 5.75 Å². The van der Waals surface area contributed by atoms with E-state index in [9.17, 15) is 0 Å². The van der Waals surface area contributed by atoms with E-state index >= 15 is 0 Å². The molecule has 2 heterocycles. The lowest BCUT2D eigenvalue weighted by atomic mass is 10.2. The van der Waals surface area contributed by atoms with Gasteiger partial charge in [0.1, 0.15) is 17.1 Å². The van der Waals surface area contributed by atoms with Crippen LogP contribution >= 0.6 is 0 Å². The van der Waals surface area contributed by atoms with Crippen LogP contribution in [0.25, 0.3) is 22.4 Å². The molecule has 0 atom stereocenters. The van der Waals surface area contributed by atoms with Gasteiger partial charge in [-0.25, -0.2) is 0 Å². The Morgan fingerprint density at radius 1 is 0.938 bits per heavy atom. The zero-order valence-corrected chi connectivity index (χ0v) is 19.5. The lowest BCUT2D eigenvalue weighted by Gasteiger charge is -2.10. The van der Waals surface area contributed by atoms with Gasteiger partial charge < -0.3 is 18.5 Å². The van der Waals surface area contributed by atoms with Crippen molar-refractivity contribution in [2.24, 2.45) is 0 Å². The number of fused-ring (bicyclic) bond motifs is 1. The standard InChI is InChI=1S/C14H19N3O2.C12H14O/c1-11-15-16-14(19-11)12-5-7-13(8-6-12)18-10-4-9-17(2)3;1-2-3-7-11-9-10-6-4-5-8-12(10)13-11/h5-8H,4,9-10H2,1-3H3;4-6,8-9H,2-3,7H2,1H3. The molecule has 4 rings (SSSR count). The monoisotopic (exact) mass is 435 g/mol. The first-order valence-corrected chi connectivity index (χ1v) is 11.2. The van der Waals surface area contributed by atoms with Crippen LogP contribution in [0, 0.1) is 6.92 Å². The van der Waals surface area contributed by atoms with Crippen LogP contribution in [0.2, 0.25) is 0 Å². The lowest BCUT2D eigenvalue weighted by molar-refractivity contribution is 0.281. The largest absolute Gasteiger partial charge is 0.494 e. The van der Waals surface area contributed by atoms with Crippen molar-refractivity contribution in [3.05, 3.63) is 66.2 Å². The second-order valence-corrected chi connectivity index (χ2v) is 8.01. The van der Waals surface area contributed by atoms with E-state index in [1.807, 2.05) is 42.5 Å². The molecule has 0 spiro atoms. The number of furan rings is 1. The van der Waals surface area contributed by atoms with E-state index in [4.69, 9.17) is 13.6 Å². The molecule has 170 valence electrons. The molecule has 32 heavy (non-hydrogen) atoms. The minimum absolute atomic E-state index is 0.539. The average Bonchev–Trinajstić information content (AvgIpc) is 3.42. The summed E-state index contributed by atoms with van der Waals surface area (Å²) < 4.78 is 16.7. The Labute approximate surface area is 190 Å². The number of ether oxygens (including phenoxy) is 1. The van der Waals surface area contributed by atoms with Crippen molar-refractivity contribution in [2.75, 3.05) is 27.2 Å². The van der Waals surface area contributed by atoms with Gasteiger partial charge in [0.05, 0.1) is 6.61 Å². The molecule has 2 aromatic heterocycles. The molecule has 0 aliphatic rings. The van der Waals surface area contributed by atoms with Gasteiger partial charge in [0.15, 0.2) is 0 Å². The van der Waals surface area contributed by atoms with Crippen LogP contribution in [0.3, 0.4) is 0 Å². The van der Waals surface area contributed by atoms with Crippen molar-refractivity contribution >= 4 is 11.0 Å². The molecule has 0 fully saturated rings. The molecule has 0 aliphatic heterocycles. The number of nitrogens with zero attached hydrogens (tertiary/aromatic N) is 3. The van der Waals surface area contributed by atoms with Gasteiger partial charge in [0.25, 0.3) is 0 Å². The van der Waals surface area contributed by atoms with Gasteiger partial charge in [-0.15, -0.1) is 10.2 Å². The van der Waals surface area contributed by atoms with Crippen LogP contribution in [0.15, 0.2) is 63.4 Å². The summed E-state index contributed by atoms with van der Waals surface area (Å²) in [6.45, 7) is 5.72. The molecule has 0 unspecified atom stereocenters. The third-order valence-electron chi connectivity index (χ3n) is 4.90. The molecule has 0 saturated carbocycles. The molecular weight excluding hydrogens is 402 g/mol. The minimum atomic E-state index is 0.539. The normalized spacial score (nSPS) is 10.9. The summed E-state index contributed by atoms with van der Waals surface area (Å²) in [5.74, 6) is 3.08. The van der Waals surface area contributed by atoms with Crippen molar-refractivity contribution in [3.63, 3.8) is 0 Å². The summed E-state index contributed by atoms with van der Waals surface area (Å²) in [5, 5.41) is 9.00. The zero-order valence-electron chi connectivity index (χ0n) is 19.5. The maximum Gasteiger partial charge on any atom is 0.247 e. The molecule has 0 amide bonds. The number of hydrogen-bond acceptors (Lipinski definition) is 6. The van der Waals surface area contributed by atoms with E-state index in [1.54, 1.807) is 6.92 Å². The van der Waals surface area contributed by atoms with Gasteiger partial charge in [-0.2, -0.15) is 0 Å². The molecule has 4 aromatic rings. The number of unbranched alkanes of at least 4 members (excludes halogenated alkanes) is 1. The Balaban J connectivity index is 0.000000193. The van der Waals surface area contributed by atoms with Crippen molar-refractivity contribution < 1.29 is 13.6 Å². The van der Waals surface area contributed by atoms with Gasteiger partial charge in [-0.1, -0.05) is 31.5 Å². The third kappa shape index (κ3) is 7.24. The number of rotatable bonds is 9. The predicted octanol–water partition coefficient (Wildman–Crippen LogP) is 6.15. The Hall–Kier alpha value is -3.12. The second-order valence-electron chi connectivity index (χ2n) is 8.01. The van der Waals surface area contributed by atoms with Crippen LogP contribution < -0.4 is 4.74 Å². The van der Waals surface area contributed by atoms with E-state index < -0.39 is 0 Å². The van der Waals surface area contributed by atoms with Gasteiger partial charge in [-0.3, -0.25) is 0 Å². The van der Waals surface area contributed by atoms with E-state index in [0.717, 1.165) is 48.6 Å². The predicted molar refractivity (Wildman–Crippen MR) is 128 cm³/mol. The van der Waals surface area contributed by atoms with Crippen LogP contribution in [0.1, 0.15) is 37.8 Å². The SMILES string of the molecule is CCCCc1cc2ccccc2o1.Cc1nnc(-c2ccc(OCCCN(C)C)cc2)o1. The molecule has 0 aliphatic carbocycles. The Morgan fingerprint density at radius 3 is 2.38 bits per heavy atom. The smallest absolute Gasteiger partial charge is 0.247 e. The van der Waals surface area contributed by atoms with E-state index in [1.165, 1.54) is 18.2 Å². The fourth-order valence-corrected chi connectivity index (χ4v) is 3.19. The van der Waals surface area contributed by atoms with Crippen molar-refractivity contribution in [3.8, 4) is 17.2 Å². The highest BCUT2D eigenvalue weighted by Crippen LogP contribution is 2.21. The number of aromatic nitrogens is 2. The summed E-state index contributed by atoms with van der Waals surface area (Å²) >= 11 is 0. The maximum absolute atomic E-state index is 5.67. The van der Waals surface area contributed by atoms with Gasteiger partial charge in [0.2, 0.25) is 11.8 Å². The summed E-state index contributed by atoms with van der Waals surface area (Å²) in [6.07, 6.45) is 4.50. The molecule has 6 heteroatoms. The molecule has 0 saturated heterocycles. The van der Waals surface area contributed by atoms with Crippen molar-refractivity contribution in [1.29, 1.82) is 0 Å². The molecule has 0 N–H and O–H groups in total. The fraction of sp³-hybridized carbons (Fsp3) is 0.385. The summed E-state index contributed by atoms with van der Waals surface area (Å²) in [7, 11) is 4.11. The highest BCUT2D eigenvalue weighted by atomic mass is 16.5. The first-order valence-electron chi connectivity index (χ1n) is 11.2. The number of para-hydroxylation sites is 1. The topological polar surface area (TPSA) is 64.5 Å². The van der Waals surface area contributed by atoms with E-state index in [2.05, 4.69) is 48.2 Å². The average molecular weight is 436 g/mol. The summed E-state index contributed by atoms with van der Waals surface area (Å²) in [4.78, 5) is 2.14. The highest BCUT2D eigenvalue weighted by Gasteiger charge is 2.05. The third-order valence-corrected chi connectivity index (χ3v) is 4.90. The van der Waals surface area contributed by atoms with Crippen molar-refractivity contribution in [1.82, 2.24) is 15.1 Å². The lowest BCUT2D eigenvalue weighted by Crippen LogP contribution is -2.15. The van der Waals surface area contributed by atoms with Gasteiger partial charge in [-0.05, 0) is 63.3 Å². The summed E-state index contributed by atoms with van der Waals surface area (Å²) in [5.41, 5.74) is 1.91. The number of hydrogen-bond donors (Lipinski definition) is 0. The van der Waals surface area contributed by atoms with Gasteiger partial charge >= 0.3 is 0 Å². The fourth-order valence-electron chi connectivity index (χ4n) is 3.19. The van der Waals surface area contributed by atoms with Crippen molar-refractivity contribution in [2.45, 2.75) is 39.5 Å². The Morgan fingerprint density at radius 2 is 1.72 bits per heavy atom. The Kier molecular flexibility index (Phi) is 8.87. The number of aryl methyl sites for hydroxylation is 2. The molecule has 2 aromatic carbocycles. The summed E-state index contributed by atoms with van der Waals surface area (Å²) in [6, 6.07) is 18.0. The van der Waals surface area contributed by atoms with Crippen LogP contribution in [-0.2, 0) is 6.42 Å². The molecule has 6 nitrogen and oxygen atoms in total. The Bertz CT molecular complexity index is 1030. The van der Waals surface area contributed by atoms with Crippen LogP contribution in [0.4, 0.5) is 0 Å². The maximum atomic E-state index is 5.67. The molecule has 0 radical (unpaired) electrons. The number of benzene rings is 2.